The Balaban J connectivity index is 1.88. The summed E-state index contributed by atoms with van der Waals surface area (Å²) in [6.45, 7) is 4.05. The molecule has 24 heavy (non-hydrogen) atoms. The number of ketones is 1. The highest BCUT2D eigenvalue weighted by atomic mass is 16.5. The van der Waals surface area contributed by atoms with Gasteiger partial charge in [0.2, 0.25) is 0 Å². The largest absolute Gasteiger partial charge is 0.497 e. The molecule has 0 saturated heterocycles. The third-order valence-electron chi connectivity index (χ3n) is 4.32. The van der Waals surface area contributed by atoms with Crippen LogP contribution < -0.4 is 10.1 Å². The molecule has 1 aliphatic rings. The van der Waals surface area contributed by atoms with E-state index in [9.17, 15) is 9.59 Å². The summed E-state index contributed by atoms with van der Waals surface area (Å²) in [6, 6.07) is 10.9. The summed E-state index contributed by atoms with van der Waals surface area (Å²) in [5.41, 5.74) is 5.18. The zero-order valence-electron chi connectivity index (χ0n) is 14.0. The SMILES string of the molecule is COc1ccc(C(=O)/C=C2\Cc3cc(C)c(C)cc3NC2=O)cc1. The van der Waals surface area contributed by atoms with Gasteiger partial charge in [-0.3, -0.25) is 9.59 Å². The highest BCUT2D eigenvalue weighted by Crippen LogP contribution is 2.28. The summed E-state index contributed by atoms with van der Waals surface area (Å²) in [4.78, 5) is 24.7. The van der Waals surface area contributed by atoms with E-state index in [0.29, 0.717) is 23.3 Å². The molecule has 0 fully saturated rings. The van der Waals surface area contributed by atoms with Crippen LogP contribution in [0.15, 0.2) is 48.0 Å². The maximum Gasteiger partial charge on any atom is 0.252 e. The number of ether oxygens (including phenoxy) is 1. The number of hydrogen-bond acceptors (Lipinski definition) is 3. The quantitative estimate of drug-likeness (QED) is 0.694. The minimum absolute atomic E-state index is 0.185. The van der Waals surface area contributed by atoms with Crippen LogP contribution in [-0.4, -0.2) is 18.8 Å². The molecule has 0 bridgehead atoms. The average Bonchev–Trinajstić information content (AvgIpc) is 2.57. The van der Waals surface area contributed by atoms with Gasteiger partial charge in [-0.25, -0.2) is 0 Å². The second-order valence-corrected chi connectivity index (χ2v) is 5.99. The van der Waals surface area contributed by atoms with Crippen molar-refractivity contribution in [1.82, 2.24) is 0 Å². The van der Waals surface area contributed by atoms with Crippen molar-refractivity contribution in [2.45, 2.75) is 20.3 Å². The predicted molar refractivity (Wildman–Crippen MR) is 93.7 cm³/mol. The van der Waals surface area contributed by atoms with Gasteiger partial charge in [0, 0.05) is 23.2 Å². The molecule has 0 atom stereocenters. The highest BCUT2D eigenvalue weighted by Gasteiger charge is 2.21. The summed E-state index contributed by atoms with van der Waals surface area (Å²) < 4.78 is 5.08. The van der Waals surface area contributed by atoms with Gasteiger partial charge in [0.05, 0.1) is 7.11 Å². The number of allylic oxidation sites excluding steroid dienone is 1. The number of carbonyl (C=O) groups is 2. The number of benzene rings is 2. The molecule has 0 spiro atoms. The van der Waals surface area contributed by atoms with E-state index in [-0.39, 0.29) is 11.7 Å². The van der Waals surface area contributed by atoms with Gasteiger partial charge in [0.25, 0.3) is 5.91 Å². The van der Waals surface area contributed by atoms with Crippen molar-refractivity contribution in [1.29, 1.82) is 0 Å². The van der Waals surface area contributed by atoms with Gasteiger partial charge in [-0.2, -0.15) is 0 Å². The number of fused-ring (bicyclic) bond motifs is 1. The van der Waals surface area contributed by atoms with Crippen LogP contribution in [0.2, 0.25) is 0 Å². The lowest BCUT2D eigenvalue weighted by molar-refractivity contribution is -0.113. The fourth-order valence-corrected chi connectivity index (χ4v) is 2.74. The van der Waals surface area contributed by atoms with Gasteiger partial charge in [-0.05, 0) is 66.9 Å². The van der Waals surface area contributed by atoms with Crippen molar-refractivity contribution in [2.24, 2.45) is 0 Å². The number of methoxy groups -OCH3 is 1. The lowest BCUT2D eigenvalue weighted by Gasteiger charge is -2.20. The molecule has 0 unspecified atom stereocenters. The van der Waals surface area contributed by atoms with E-state index in [4.69, 9.17) is 4.74 Å². The third-order valence-corrected chi connectivity index (χ3v) is 4.32. The Hall–Kier alpha value is -2.88. The van der Waals surface area contributed by atoms with Crippen LogP contribution in [-0.2, 0) is 11.2 Å². The number of amides is 1. The van der Waals surface area contributed by atoms with Crippen molar-refractivity contribution in [3.05, 3.63) is 70.3 Å². The average molecular weight is 321 g/mol. The first-order chi connectivity index (χ1) is 11.5. The summed E-state index contributed by atoms with van der Waals surface area (Å²) in [5.74, 6) is 0.289. The third kappa shape index (κ3) is 3.08. The number of aryl methyl sites for hydroxylation is 2. The number of nitrogens with one attached hydrogen (secondary N) is 1. The molecule has 1 heterocycles. The molecular weight excluding hydrogens is 302 g/mol. The van der Waals surface area contributed by atoms with E-state index in [0.717, 1.165) is 16.8 Å². The molecule has 0 aliphatic carbocycles. The maximum absolute atomic E-state index is 12.4. The Morgan fingerprint density at radius 1 is 1.12 bits per heavy atom. The molecule has 122 valence electrons. The minimum Gasteiger partial charge on any atom is -0.497 e. The Bertz CT molecular complexity index is 848. The zero-order valence-corrected chi connectivity index (χ0v) is 14.0. The molecule has 0 saturated carbocycles. The van der Waals surface area contributed by atoms with Crippen molar-refractivity contribution in [3.63, 3.8) is 0 Å². The Kier molecular flexibility index (Phi) is 4.21. The lowest BCUT2D eigenvalue weighted by atomic mass is 9.93. The van der Waals surface area contributed by atoms with Gasteiger partial charge >= 0.3 is 0 Å². The first-order valence-corrected chi connectivity index (χ1v) is 7.78. The van der Waals surface area contributed by atoms with Gasteiger partial charge < -0.3 is 10.1 Å². The Labute approximate surface area is 141 Å². The number of carbonyl (C=O) groups excluding carboxylic acids is 2. The van der Waals surface area contributed by atoms with Crippen LogP contribution in [0.1, 0.15) is 27.0 Å². The molecule has 1 N–H and O–H groups in total. The Morgan fingerprint density at radius 3 is 2.46 bits per heavy atom. The van der Waals surface area contributed by atoms with Crippen molar-refractivity contribution >= 4 is 17.4 Å². The van der Waals surface area contributed by atoms with Gasteiger partial charge in [0.1, 0.15) is 5.75 Å². The fraction of sp³-hybridized carbons (Fsp3) is 0.200. The molecule has 0 radical (unpaired) electrons. The van der Waals surface area contributed by atoms with E-state index >= 15 is 0 Å². The minimum atomic E-state index is -0.215. The fourth-order valence-electron chi connectivity index (χ4n) is 2.74. The monoisotopic (exact) mass is 321 g/mol. The first kappa shape index (κ1) is 16.0. The maximum atomic E-state index is 12.4. The second kappa shape index (κ2) is 6.32. The Morgan fingerprint density at radius 2 is 1.79 bits per heavy atom. The number of hydrogen-bond donors (Lipinski definition) is 1. The number of rotatable bonds is 3. The molecule has 0 aromatic heterocycles. The van der Waals surface area contributed by atoms with Gasteiger partial charge in [-0.1, -0.05) is 6.07 Å². The van der Waals surface area contributed by atoms with Crippen LogP contribution >= 0.6 is 0 Å². The van der Waals surface area contributed by atoms with E-state index in [1.54, 1.807) is 31.4 Å². The molecule has 2 aromatic rings. The van der Waals surface area contributed by atoms with E-state index in [2.05, 4.69) is 11.4 Å². The summed E-state index contributed by atoms with van der Waals surface area (Å²) >= 11 is 0. The second-order valence-electron chi connectivity index (χ2n) is 5.99. The van der Waals surface area contributed by atoms with Crippen LogP contribution in [0.25, 0.3) is 0 Å². The van der Waals surface area contributed by atoms with Crippen LogP contribution in [0.3, 0.4) is 0 Å². The van der Waals surface area contributed by atoms with Crippen LogP contribution in [0.4, 0.5) is 5.69 Å². The smallest absolute Gasteiger partial charge is 0.252 e. The summed E-state index contributed by atoms with van der Waals surface area (Å²) in [6.07, 6.45) is 1.89. The molecule has 1 amide bonds. The van der Waals surface area contributed by atoms with Gasteiger partial charge in [-0.15, -0.1) is 0 Å². The summed E-state index contributed by atoms with van der Waals surface area (Å²) in [7, 11) is 1.58. The molecule has 3 rings (SSSR count). The predicted octanol–water partition coefficient (Wildman–Crippen LogP) is 3.62. The van der Waals surface area contributed by atoms with Crippen molar-refractivity contribution in [3.8, 4) is 5.75 Å². The standard InChI is InChI=1S/C20H19NO3/c1-12-8-15-10-16(20(23)21-18(15)9-13(12)2)11-19(22)14-4-6-17(24-3)7-5-14/h4-9,11H,10H2,1-3H3,(H,21,23)/b16-11+. The highest BCUT2D eigenvalue weighted by molar-refractivity contribution is 6.14. The van der Waals surface area contributed by atoms with Gasteiger partial charge in [0.15, 0.2) is 5.78 Å². The molecule has 4 heteroatoms. The molecular formula is C20H19NO3. The normalized spacial score (nSPS) is 15.0. The van der Waals surface area contributed by atoms with E-state index in [1.807, 2.05) is 19.9 Å². The van der Waals surface area contributed by atoms with Crippen LogP contribution in [0.5, 0.6) is 5.75 Å². The number of anilines is 1. The van der Waals surface area contributed by atoms with E-state index in [1.165, 1.54) is 11.6 Å². The molecule has 4 nitrogen and oxygen atoms in total. The first-order valence-electron chi connectivity index (χ1n) is 7.78. The molecule has 2 aromatic carbocycles. The molecule has 1 aliphatic heterocycles. The lowest BCUT2D eigenvalue weighted by Crippen LogP contribution is -2.23. The van der Waals surface area contributed by atoms with Crippen LogP contribution in [0, 0.1) is 13.8 Å². The summed E-state index contributed by atoms with van der Waals surface area (Å²) in [5, 5.41) is 2.87. The zero-order chi connectivity index (χ0) is 17.3. The van der Waals surface area contributed by atoms with Crippen molar-refractivity contribution < 1.29 is 14.3 Å². The van der Waals surface area contributed by atoms with E-state index < -0.39 is 0 Å². The van der Waals surface area contributed by atoms with Crippen molar-refractivity contribution in [2.75, 3.05) is 12.4 Å². The topological polar surface area (TPSA) is 55.4 Å².